The fourth-order valence-corrected chi connectivity index (χ4v) is 3.83. The van der Waals surface area contributed by atoms with Gasteiger partial charge in [-0.05, 0) is 49.2 Å². The summed E-state index contributed by atoms with van der Waals surface area (Å²) in [5.41, 5.74) is 4.34. The highest BCUT2D eigenvalue weighted by Crippen LogP contribution is 2.22. The first-order valence-electron chi connectivity index (χ1n) is 9.41. The van der Waals surface area contributed by atoms with E-state index in [4.69, 9.17) is 0 Å². The molecule has 29 heavy (non-hydrogen) atoms. The van der Waals surface area contributed by atoms with Gasteiger partial charge in [0, 0.05) is 37.2 Å². The van der Waals surface area contributed by atoms with Crippen LogP contribution in [0.15, 0.2) is 60.1 Å². The zero-order valence-corrected chi connectivity index (χ0v) is 17.2. The number of nitrogens with one attached hydrogen (secondary N) is 1. The van der Waals surface area contributed by atoms with Crippen LogP contribution in [-0.4, -0.2) is 42.4 Å². The van der Waals surface area contributed by atoms with Crippen LogP contribution < -0.4 is 5.32 Å². The number of hydrogen-bond donors (Lipinski definition) is 1. The van der Waals surface area contributed by atoms with E-state index in [1.807, 2.05) is 39.6 Å². The lowest BCUT2D eigenvalue weighted by atomic mass is 10.1. The van der Waals surface area contributed by atoms with Gasteiger partial charge in [-0.2, -0.15) is 0 Å². The van der Waals surface area contributed by atoms with Crippen molar-refractivity contribution in [1.29, 1.82) is 0 Å². The molecule has 3 aromatic heterocycles. The Morgan fingerprint density at radius 3 is 2.86 bits per heavy atom. The minimum Gasteiger partial charge on any atom is -0.355 e. The average molecular weight is 407 g/mol. The number of aryl methyl sites for hydroxylation is 2. The molecule has 148 valence electrons. The molecule has 0 aliphatic carbocycles. The van der Waals surface area contributed by atoms with Gasteiger partial charge in [0.05, 0.1) is 5.75 Å². The Kier molecular flexibility index (Phi) is 5.62. The molecule has 0 saturated heterocycles. The molecule has 0 spiro atoms. The maximum Gasteiger partial charge on any atom is 0.230 e. The molecule has 0 saturated carbocycles. The lowest BCUT2D eigenvalue weighted by Gasteiger charge is -2.10. The van der Waals surface area contributed by atoms with Gasteiger partial charge in [0.15, 0.2) is 10.8 Å². The number of nitrogens with zero attached hydrogens (tertiary/aromatic N) is 5. The van der Waals surface area contributed by atoms with Crippen LogP contribution in [0.2, 0.25) is 0 Å². The number of imidazole rings is 1. The molecule has 4 aromatic rings. The fraction of sp³-hybridized carbons (Fsp3) is 0.238. The Balaban J connectivity index is 1.31. The van der Waals surface area contributed by atoms with Crippen molar-refractivity contribution in [3.63, 3.8) is 0 Å². The second-order valence-electron chi connectivity index (χ2n) is 6.78. The summed E-state index contributed by atoms with van der Waals surface area (Å²) in [6, 6.07) is 12.1. The van der Waals surface area contributed by atoms with Crippen molar-refractivity contribution in [2.45, 2.75) is 25.4 Å². The van der Waals surface area contributed by atoms with E-state index >= 15 is 0 Å². The maximum atomic E-state index is 12.3. The largest absolute Gasteiger partial charge is 0.355 e. The van der Waals surface area contributed by atoms with Crippen molar-refractivity contribution in [2.75, 3.05) is 12.3 Å². The molecule has 1 aromatic carbocycles. The zero-order chi connectivity index (χ0) is 20.2. The summed E-state index contributed by atoms with van der Waals surface area (Å²) < 4.78 is 3.94. The van der Waals surface area contributed by atoms with E-state index in [1.54, 1.807) is 6.20 Å². The number of hydrogen-bond acceptors (Lipinski definition) is 5. The number of benzene rings is 1. The second-order valence-corrected chi connectivity index (χ2v) is 7.72. The number of amides is 1. The molecular formula is C21H22N6OS. The van der Waals surface area contributed by atoms with Gasteiger partial charge in [0.25, 0.3) is 0 Å². The first kappa shape index (κ1) is 19.2. The SMILES string of the molecule is Cc1ccc(-n2ccnc2SCC(=O)NCCc2nnc3ccccn23)cc1C. The lowest BCUT2D eigenvalue weighted by molar-refractivity contribution is -0.118. The minimum atomic E-state index is -0.0292. The summed E-state index contributed by atoms with van der Waals surface area (Å²) in [6.07, 6.45) is 6.22. The average Bonchev–Trinajstić information content (AvgIpc) is 3.36. The summed E-state index contributed by atoms with van der Waals surface area (Å²) in [5.74, 6) is 1.11. The molecule has 4 rings (SSSR count). The number of carbonyl (C=O) groups excluding carboxylic acids is 1. The maximum absolute atomic E-state index is 12.3. The number of aromatic nitrogens is 5. The third-order valence-corrected chi connectivity index (χ3v) is 5.73. The lowest BCUT2D eigenvalue weighted by Crippen LogP contribution is -2.27. The molecule has 0 aliphatic rings. The van der Waals surface area contributed by atoms with Crippen LogP contribution >= 0.6 is 11.8 Å². The standard InChI is InChI=1S/C21H22N6OS/c1-15-6-7-17(13-16(15)2)26-12-10-23-21(26)29-14-20(28)22-9-8-19-25-24-18-5-3-4-11-27(18)19/h3-7,10-13H,8-9,14H2,1-2H3,(H,22,28). The number of rotatable bonds is 7. The van der Waals surface area contributed by atoms with Crippen LogP contribution in [0.25, 0.3) is 11.3 Å². The number of carbonyl (C=O) groups is 1. The summed E-state index contributed by atoms with van der Waals surface area (Å²) >= 11 is 1.42. The molecule has 0 aliphatic heterocycles. The molecule has 8 heteroatoms. The Labute approximate surface area is 173 Å². The smallest absolute Gasteiger partial charge is 0.230 e. The van der Waals surface area contributed by atoms with Crippen molar-refractivity contribution < 1.29 is 4.79 Å². The van der Waals surface area contributed by atoms with Crippen molar-refractivity contribution in [3.05, 3.63) is 71.9 Å². The third kappa shape index (κ3) is 4.32. The molecule has 3 heterocycles. The number of thioether (sulfide) groups is 1. The van der Waals surface area contributed by atoms with E-state index in [-0.39, 0.29) is 5.91 Å². The Hall–Kier alpha value is -3.13. The van der Waals surface area contributed by atoms with Crippen molar-refractivity contribution in [1.82, 2.24) is 29.5 Å². The number of fused-ring (bicyclic) bond motifs is 1. The second kappa shape index (κ2) is 8.48. The van der Waals surface area contributed by atoms with Gasteiger partial charge >= 0.3 is 0 Å². The van der Waals surface area contributed by atoms with Crippen LogP contribution in [0, 0.1) is 13.8 Å². The first-order valence-corrected chi connectivity index (χ1v) is 10.4. The topological polar surface area (TPSA) is 77.1 Å². The van der Waals surface area contributed by atoms with Crippen LogP contribution in [-0.2, 0) is 11.2 Å². The first-order chi connectivity index (χ1) is 14.1. The molecule has 0 bridgehead atoms. The molecular weight excluding hydrogens is 384 g/mol. The van der Waals surface area contributed by atoms with Gasteiger partial charge in [-0.3, -0.25) is 13.8 Å². The minimum absolute atomic E-state index is 0.0292. The highest BCUT2D eigenvalue weighted by Gasteiger charge is 2.10. The Morgan fingerprint density at radius 1 is 1.10 bits per heavy atom. The fourth-order valence-electron chi connectivity index (χ4n) is 3.02. The van der Waals surface area contributed by atoms with Crippen LogP contribution in [0.1, 0.15) is 17.0 Å². The molecule has 0 fully saturated rings. The molecule has 0 radical (unpaired) electrons. The highest BCUT2D eigenvalue weighted by atomic mass is 32.2. The quantitative estimate of drug-likeness (QED) is 0.478. The van der Waals surface area contributed by atoms with E-state index in [1.165, 1.54) is 22.9 Å². The van der Waals surface area contributed by atoms with Crippen molar-refractivity contribution in [3.8, 4) is 5.69 Å². The van der Waals surface area contributed by atoms with Gasteiger partial charge in [-0.15, -0.1) is 10.2 Å². The van der Waals surface area contributed by atoms with Crippen molar-refractivity contribution in [2.24, 2.45) is 0 Å². The third-order valence-electron chi connectivity index (χ3n) is 4.76. The highest BCUT2D eigenvalue weighted by molar-refractivity contribution is 7.99. The summed E-state index contributed by atoms with van der Waals surface area (Å²) in [7, 11) is 0. The van der Waals surface area contributed by atoms with E-state index in [0.717, 1.165) is 22.3 Å². The van der Waals surface area contributed by atoms with E-state index in [9.17, 15) is 4.79 Å². The van der Waals surface area contributed by atoms with Gasteiger partial charge in [0.1, 0.15) is 5.82 Å². The molecule has 1 amide bonds. The van der Waals surface area contributed by atoms with Gasteiger partial charge in [0.2, 0.25) is 5.91 Å². The van der Waals surface area contributed by atoms with E-state index in [2.05, 4.69) is 52.5 Å². The predicted octanol–water partition coefficient (Wildman–Crippen LogP) is 2.98. The Morgan fingerprint density at radius 2 is 2.00 bits per heavy atom. The normalized spacial score (nSPS) is 11.1. The van der Waals surface area contributed by atoms with Gasteiger partial charge < -0.3 is 5.32 Å². The monoisotopic (exact) mass is 406 g/mol. The van der Waals surface area contributed by atoms with E-state index < -0.39 is 0 Å². The Bertz CT molecular complexity index is 1150. The summed E-state index contributed by atoms with van der Waals surface area (Å²) in [4.78, 5) is 16.7. The van der Waals surface area contributed by atoms with Crippen LogP contribution in [0.4, 0.5) is 0 Å². The van der Waals surface area contributed by atoms with Gasteiger partial charge in [-0.25, -0.2) is 4.98 Å². The summed E-state index contributed by atoms with van der Waals surface area (Å²) in [5, 5.41) is 12.0. The van der Waals surface area contributed by atoms with Crippen molar-refractivity contribution >= 4 is 23.3 Å². The van der Waals surface area contributed by atoms with E-state index in [0.29, 0.717) is 18.7 Å². The van der Waals surface area contributed by atoms with Crippen LogP contribution in [0.3, 0.4) is 0 Å². The summed E-state index contributed by atoms with van der Waals surface area (Å²) in [6.45, 7) is 4.70. The number of pyridine rings is 1. The van der Waals surface area contributed by atoms with Crippen LogP contribution in [0.5, 0.6) is 0 Å². The predicted molar refractivity (Wildman–Crippen MR) is 113 cm³/mol. The molecule has 0 atom stereocenters. The molecule has 7 nitrogen and oxygen atoms in total. The van der Waals surface area contributed by atoms with Gasteiger partial charge in [-0.1, -0.05) is 23.9 Å². The molecule has 0 unspecified atom stereocenters. The zero-order valence-electron chi connectivity index (χ0n) is 16.4. The molecule has 1 N–H and O–H groups in total.